The lowest BCUT2D eigenvalue weighted by molar-refractivity contribution is -0.188. The van der Waals surface area contributed by atoms with Crippen molar-refractivity contribution in [3.8, 4) is 0 Å². The molecule has 1 N–H and O–H groups in total. The van der Waals surface area contributed by atoms with Gasteiger partial charge < -0.3 is 19.3 Å². The van der Waals surface area contributed by atoms with E-state index in [2.05, 4.69) is 13.8 Å². The number of aliphatic hydroxyl groups excluding tert-OH is 1. The summed E-state index contributed by atoms with van der Waals surface area (Å²) in [7, 11) is 0. The zero-order valence-corrected chi connectivity index (χ0v) is 23.1. The average molecular weight is 497 g/mol. The molecule has 5 heteroatoms. The van der Waals surface area contributed by atoms with E-state index in [1.165, 1.54) is 44.9 Å². The molecule has 2 aliphatic rings. The molecule has 1 saturated carbocycles. The van der Waals surface area contributed by atoms with E-state index >= 15 is 0 Å². The Balaban J connectivity index is 1.58. The number of carbonyl (C=O) groups excluding carboxylic acids is 1. The molecule has 1 spiro atoms. The molecule has 1 aliphatic heterocycles. The summed E-state index contributed by atoms with van der Waals surface area (Å²) in [4.78, 5) is 12.0. The lowest BCUT2D eigenvalue weighted by atomic mass is 9.84. The van der Waals surface area contributed by atoms with Gasteiger partial charge in [-0.1, -0.05) is 84.5 Å². The van der Waals surface area contributed by atoms with E-state index in [0.717, 1.165) is 77.0 Å². The Hall–Kier alpha value is -0.650. The van der Waals surface area contributed by atoms with Crippen LogP contribution in [-0.4, -0.2) is 42.8 Å². The zero-order chi connectivity index (χ0) is 25.2. The fourth-order valence-corrected chi connectivity index (χ4v) is 6.07. The normalized spacial score (nSPS) is 22.1. The first kappa shape index (κ1) is 30.6. The predicted octanol–water partition coefficient (Wildman–Crippen LogP) is 7.72. The van der Waals surface area contributed by atoms with Crippen molar-refractivity contribution in [2.45, 2.75) is 154 Å². The third-order valence-corrected chi connectivity index (χ3v) is 8.19. The molecule has 206 valence electrons. The molecule has 35 heavy (non-hydrogen) atoms. The van der Waals surface area contributed by atoms with Gasteiger partial charge in [0.15, 0.2) is 5.79 Å². The van der Waals surface area contributed by atoms with Crippen molar-refractivity contribution in [1.29, 1.82) is 0 Å². The van der Waals surface area contributed by atoms with Gasteiger partial charge in [-0.3, -0.25) is 4.79 Å². The van der Waals surface area contributed by atoms with Crippen molar-refractivity contribution in [2.75, 3.05) is 19.8 Å². The highest BCUT2D eigenvalue weighted by Gasteiger charge is 2.51. The first-order valence-electron chi connectivity index (χ1n) is 15.2. The number of aliphatic hydroxyl groups is 1. The Labute approximate surface area is 216 Å². The first-order valence-corrected chi connectivity index (χ1v) is 15.2. The number of carbonyl (C=O) groups is 1. The van der Waals surface area contributed by atoms with Crippen molar-refractivity contribution in [1.82, 2.24) is 0 Å². The van der Waals surface area contributed by atoms with Gasteiger partial charge in [0.05, 0.1) is 25.9 Å². The number of esters is 1. The Kier molecular flexibility index (Phi) is 16.2. The van der Waals surface area contributed by atoms with Crippen LogP contribution >= 0.6 is 0 Å². The van der Waals surface area contributed by atoms with Gasteiger partial charge in [0.25, 0.3) is 0 Å². The van der Waals surface area contributed by atoms with Crippen molar-refractivity contribution < 1.29 is 24.1 Å². The highest BCUT2D eigenvalue weighted by atomic mass is 16.7. The molecule has 0 amide bonds. The van der Waals surface area contributed by atoms with E-state index in [-0.39, 0.29) is 17.9 Å². The van der Waals surface area contributed by atoms with Crippen LogP contribution in [-0.2, 0) is 19.0 Å². The van der Waals surface area contributed by atoms with E-state index in [1.807, 2.05) is 0 Å². The number of unbranched alkanes of at least 4 members (excludes halogenated alkanes) is 10. The molecule has 1 saturated heterocycles. The van der Waals surface area contributed by atoms with Crippen LogP contribution in [0.1, 0.15) is 142 Å². The van der Waals surface area contributed by atoms with Gasteiger partial charge in [-0.15, -0.1) is 0 Å². The molecule has 0 radical (unpaired) electrons. The quantitative estimate of drug-likeness (QED) is 0.130. The largest absolute Gasteiger partial charge is 0.466 e. The van der Waals surface area contributed by atoms with Crippen LogP contribution in [0.5, 0.6) is 0 Å². The smallest absolute Gasteiger partial charge is 0.305 e. The molecule has 0 aromatic rings. The maximum Gasteiger partial charge on any atom is 0.305 e. The zero-order valence-electron chi connectivity index (χ0n) is 23.1. The van der Waals surface area contributed by atoms with Crippen LogP contribution in [0.4, 0.5) is 0 Å². The molecule has 1 heterocycles. The second-order valence-corrected chi connectivity index (χ2v) is 11.1. The molecule has 2 rings (SSSR count). The van der Waals surface area contributed by atoms with Gasteiger partial charge >= 0.3 is 5.97 Å². The second kappa shape index (κ2) is 18.6. The molecular weight excluding hydrogens is 440 g/mol. The van der Waals surface area contributed by atoms with Crippen molar-refractivity contribution in [2.24, 2.45) is 11.8 Å². The topological polar surface area (TPSA) is 65.0 Å². The number of rotatable bonds is 21. The molecule has 5 nitrogen and oxygen atoms in total. The summed E-state index contributed by atoms with van der Waals surface area (Å²) in [5, 5.41) is 10.4. The third kappa shape index (κ3) is 12.0. The number of ether oxygens (including phenoxy) is 3. The third-order valence-electron chi connectivity index (χ3n) is 8.19. The minimum atomic E-state index is -0.363. The first-order chi connectivity index (χ1) is 17.1. The molecule has 2 fully saturated rings. The van der Waals surface area contributed by atoms with E-state index in [1.54, 1.807) is 0 Å². The molecule has 0 aromatic carbocycles. The van der Waals surface area contributed by atoms with Gasteiger partial charge in [-0.25, -0.2) is 0 Å². The lowest BCUT2D eigenvalue weighted by Crippen LogP contribution is -2.36. The van der Waals surface area contributed by atoms with E-state index in [0.29, 0.717) is 38.1 Å². The van der Waals surface area contributed by atoms with Crippen LogP contribution in [0.15, 0.2) is 0 Å². The standard InChI is InChI=1S/C30H56O5/c1-3-5-7-8-11-15-23-33-29(32)18-14-10-9-13-17-28-26(19-20-27(31)16-12-6-4-2)21-22-30(28)34-24-25-35-30/h26-28,31H,3-25H2,1-2H3/t26-,27-,28+/m0/s1. The SMILES string of the molecule is CCCCCCCCOC(=O)CCCCCC[C@@H]1[C@@H](CC[C@@H](O)CCCCC)CCC12OCCO2. The maximum atomic E-state index is 12.0. The summed E-state index contributed by atoms with van der Waals surface area (Å²) in [6, 6.07) is 0. The van der Waals surface area contributed by atoms with Gasteiger partial charge in [0, 0.05) is 18.8 Å². The fourth-order valence-electron chi connectivity index (χ4n) is 6.07. The van der Waals surface area contributed by atoms with Crippen LogP contribution in [0.3, 0.4) is 0 Å². The van der Waals surface area contributed by atoms with Crippen LogP contribution in [0.25, 0.3) is 0 Å². The molecule has 0 unspecified atom stereocenters. The Morgan fingerprint density at radius 2 is 1.51 bits per heavy atom. The van der Waals surface area contributed by atoms with Gasteiger partial charge in [-0.05, 0) is 50.9 Å². The van der Waals surface area contributed by atoms with Crippen molar-refractivity contribution in [3.05, 3.63) is 0 Å². The minimum absolute atomic E-state index is 0.0291. The average Bonchev–Trinajstić information content (AvgIpc) is 3.47. The monoisotopic (exact) mass is 496 g/mol. The van der Waals surface area contributed by atoms with Crippen LogP contribution < -0.4 is 0 Å². The predicted molar refractivity (Wildman–Crippen MR) is 142 cm³/mol. The fraction of sp³-hybridized carbons (Fsp3) is 0.967. The van der Waals surface area contributed by atoms with E-state index in [4.69, 9.17) is 14.2 Å². The van der Waals surface area contributed by atoms with Crippen molar-refractivity contribution >= 4 is 5.97 Å². The summed E-state index contributed by atoms with van der Waals surface area (Å²) in [5.41, 5.74) is 0. The Morgan fingerprint density at radius 3 is 2.29 bits per heavy atom. The second-order valence-electron chi connectivity index (χ2n) is 11.1. The maximum absolute atomic E-state index is 12.0. The molecule has 3 atom stereocenters. The highest BCUT2D eigenvalue weighted by molar-refractivity contribution is 5.69. The van der Waals surface area contributed by atoms with Gasteiger partial charge in [0.1, 0.15) is 0 Å². The Morgan fingerprint density at radius 1 is 0.857 bits per heavy atom. The number of hydrogen-bond acceptors (Lipinski definition) is 5. The molecule has 0 aromatic heterocycles. The van der Waals surface area contributed by atoms with Crippen molar-refractivity contribution in [3.63, 3.8) is 0 Å². The van der Waals surface area contributed by atoms with Gasteiger partial charge in [0.2, 0.25) is 0 Å². The summed E-state index contributed by atoms with van der Waals surface area (Å²) >= 11 is 0. The van der Waals surface area contributed by atoms with Gasteiger partial charge in [-0.2, -0.15) is 0 Å². The summed E-state index contributed by atoms with van der Waals surface area (Å²) in [6.07, 6.45) is 21.7. The summed E-state index contributed by atoms with van der Waals surface area (Å²) in [5.74, 6) is 0.637. The van der Waals surface area contributed by atoms with E-state index in [9.17, 15) is 9.90 Å². The number of hydrogen-bond donors (Lipinski definition) is 1. The van der Waals surface area contributed by atoms with Crippen LogP contribution in [0.2, 0.25) is 0 Å². The molecule has 1 aliphatic carbocycles. The minimum Gasteiger partial charge on any atom is -0.466 e. The van der Waals surface area contributed by atoms with E-state index < -0.39 is 0 Å². The molecular formula is C30H56O5. The lowest BCUT2D eigenvalue weighted by Gasteiger charge is -2.32. The molecule has 0 bridgehead atoms. The highest BCUT2D eigenvalue weighted by Crippen LogP contribution is 2.50. The summed E-state index contributed by atoms with van der Waals surface area (Å²) < 4.78 is 17.7. The summed E-state index contributed by atoms with van der Waals surface area (Å²) in [6.45, 7) is 6.45. The Bertz CT molecular complexity index is 531. The van der Waals surface area contributed by atoms with Crippen LogP contribution in [0, 0.1) is 11.8 Å².